The molecule has 0 bridgehead atoms. The van der Waals surface area contributed by atoms with E-state index in [2.05, 4.69) is 10.3 Å². The van der Waals surface area contributed by atoms with Crippen LogP contribution in [0.5, 0.6) is 0 Å². The first kappa shape index (κ1) is 16.9. The third kappa shape index (κ3) is 4.51. The number of ether oxygens (including phenoxy) is 1. The molecule has 1 N–H and O–H groups in total. The summed E-state index contributed by atoms with van der Waals surface area (Å²) in [5.74, 6) is -0.245. The number of aromatic nitrogens is 1. The highest BCUT2D eigenvalue weighted by atomic mass is 32.1. The van der Waals surface area contributed by atoms with E-state index in [1.807, 2.05) is 13.8 Å². The van der Waals surface area contributed by atoms with Gasteiger partial charge in [-0.05, 0) is 26.7 Å². The molecule has 1 aliphatic heterocycles. The van der Waals surface area contributed by atoms with E-state index in [-0.39, 0.29) is 24.5 Å². The highest BCUT2D eigenvalue weighted by Gasteiger charge is 2.23. The van der Waals surface area contributed by atoms with Crippen LogP contribution >= 0.6 is 11.3 Å². The van der Waals surface area contributed by atoms with Gasteiger partial charge in [-0.1, -0.05) is 6.92 Å². The number of rotatable bonds is 6. The van der Waals surface area contributed by atoms with Crippen LogP contribution in [0.2, 0.25) is 0 Å². The minimum atomic E-state index is -0.214. The highest BCUT2D eigenvalue weighted by molar-refractivity contribution is 7.15. The molecule has 1 aromatic rings. The lowest BCUT2D eigenvalue weighted by Gasteiger charge is -2.24. The minimum Gasteiger partial charge on any atom is -0.376 e. The third-order valence-corrected chi connectivity index (χ3v) is 4.70. The van der Waals surface area contributed by atoms with Crippen molar-refractivity contribution in [2.75, 3.05) is 25.0 Å². The van der Waals surface area contributed by atoms with Crippen LogP contribution < -0.4 is 5.32 Å². The smallest absolute Gasteiger partial charge is 0.245 e. The quantitative estimate of drug-likeness (QED) is 0.869. The Morgan fingerprint density at radius 1 is 1.45 bits per heavy atom. The fraction of sp³-hybridized carbons (Fsp3) is 0.667. The first-order valence-electron chi connectivity index (χ1n) is 7.62. The summed E-state index contributed by atoms with van der Waals surface area (Å²) in [6.07, 6.45) is 2.39. The maximum Gasteiger partial charge on any atom is 0.245 e. The molecule has 1 fully saturated rings. The summed E-state index contributed by atoms with van der Waals surface area (Å²) in [5, 5.41) is 3.36. The van der Waals surface area contributed by atoms with Gasteiger partial charge in [0.2, 0.25) is 11.8 Å². The van der Waals surface area contributed by atoms with E-state index in [4.69, 9.17) is 4.74 Å². The summed E-state index contributed by atoms with van der Waals surface area (Å²) < 4.78 is 5.56. The number of aryl methyl sites for hydroxylation is 2. The van der Waals surface area contributed by atoms with Crippen LogP contribution in [0, 0.1) is 13.8 Å². The third-order valence-electron chi connectivity index (χ3n) is 3.71. The Kier molecular flexibility index (Phi) is 5.90. The van der Waals surface area contributed by atoms with E-state index in [9.17, 15) is 9.59 Å². The Bertz CT molecular complexity index is 519. The van der Waals surface area contributed by atoms with Crippen molar-refractivity contribution in [3.05, 3.63) is 10.6 Å². The fourth-order valence-electron chi connectivity index (χ4n) is 2.37. The largest absolute Gasteiger partial charge is 0.376 e. The first-order valence-corrected chi connectivity index (χ1v) is 8.44. The Balaban J connectivity index is 1.93. The molecule has 0 spiro atoms. The molecule has 1 saturated heterocycles. The predicted octanol–water partition coefficient (Wildman–Crippen LogP) is 2.12. The molecule has 0 saturated carbocycles. The van der Waals surface area contributed by atoms with Crippen LogP contribution in [-0.2, 0) is 14.3 Å². The zero-order valence-corrected chi connectivity index (χ0v) is 14.2. The Hall–Kier alpha value is -1.47. The number of carbonyl (C=O) groups is 2. The van der Waals surface area contributed by atoms with E-state index in [1.54, 1.807) is 11.8 Å². The zero-order valence-electron chi connectivity index (χ0n) is 13.3. The van der Waals surface area contributed by atoms with E-state index in [0.717, 1.165) is 30.0 Å². The van der Waals surface area contributed by atoms with Crippen LogP contribution in [0.1, 0.15) is 36.8 Å². The molecule has 22 heavy (non-hydrogen) atoms. The molecule has 2 amide bonds. The summed E-state index contributed by atoms with van der Waals surface area (Å²) in [7, 11) is 0. The molecule has 2 rings (SSSR count). The SMILES string of the molecule is CCC(=O)N(CC(=O)Nc1nc(C)c(C)s1)CC1CCCO1. The summed E-state index contributed by atoms with van der Waals surface area (Å²) in [6.45, 7) is 6.94. The molecule has 1 aromatic heterocycles. The Morgan fingerprint density at radius 3 is 2.77 bits per heavy atom. The minimum absolute atomic E-state index is 0.0304. The normalized spacial score (nSPS) is 17.5. The molecule has 7 heteroatoms. The lowest BCUT2D eigenvalue weighted by atomic mass is 10.2. The molecule has 0 aromatic carbocycles. The van der Waals surface area contributed by atoms with Crippen molar-refractivity contribution in [1.29, 1.82) is 0 Å². The van der Waals surface area contributed by atoms with Crippen molar-refractivity contribution >= 4 is 28.3 Å². The molecular formula is C15H23N3O3S. The van der Waals surface area contributed by atoms with Gasteiger partial charge >= 0.3 is 0 Å². The van der Waals surface area contributed by atoms with E-state index in [1.165, 1.54) is 11.3 Å². The summed E-state index contributed by atoms with van der Waals surface area (Å²) in [6, 6.07) is 0. The summed E-state index contributed by atoms with van der Waals surface area (Å²) in [4.78, 5) is 31.1. The standard InChI is InChI=1S/C15H23N3O3S/c1-4-14(20)18(8-12-6-5-7-21-12)9-13(19)17-15-16-10(2)11(3)22-15/h12H,4-9H2,1-3H3,(H,16,17,19). The van der Waals surface area contributed by atoms with Crippen molar-refractivity contribution in [2.45, 2.75) is 46.1 Å². The van der Waals surface area contributed by atoms with Gasteiger partial charge in [0, 0.05) is 24.4 Å². The lowest BCUT2D eigenvalue weighted by Crippen LogP contribution is -2.42. The lowest BCUT2D eigenvalue weighted by molar-refractivity contribution is -0.135. The molecule has 2 heterocycles. The van der Waals surface area contributed by atoms with Crippen LogP contribution in [-0.4, -0.2) is 47.5 Å². The second-order valence-corrected chi connectivity index (χ2v) is 6.67. The molecular weight excluding hydrogens is 302 g/mol. The second-order valence-electron chi connectivity index (χ2n) is 5.47. The van der Waals surface area contributed by atoms with Gasteiger partial charge in [0.1, 0.15) is 6.54 Å². The Morgan fingerprint density at radius 2 is 2.23 bits per heavy atom. The van der Waals surface area contributed by atoms with Gasteiger partial charge in [-0.2, -0.15) is 0 Å². The van der Waals surface area contributed by atoms with Crippen LogP contribution in [0.3, 0.4) is 0 Å². The van der Waals surface area contributed by atoms with Gasteiger partial charge in [-0.3, -0.25) is 9.59 Å². The fourth-order valence-corrected chi connectivity index (χ4v) is 3.20. The van der Waals surface area contributed by atoms with E-state index < -0.39 is 0 Å². The van der Waals surface area contributed by atoms with Gasteiger partial charge in [0.25, 0.3) is 0 Å². The topological polar surface area (TPSA) is 71.5 Å². The average Bonchev–Trinajstić information content (AvgIpc) is 3.08. The van der Waals surface area contributed by atoms with Crippen molar-refractivity contribution < 1.29 is 14.3 Å². The van der Waals surface area contributed by atoms with Gasteiger partial charge in [-0.15, -0.1) is 11.3 Å². The van der Waals surface area contributed by atoms with E-state index in [0.29, 0.717) is 18.1 Å². The van der Waals surface area contributed by atoms with Gasteiger partial charge in [0.15, 0.2) is 5.13 Å². The summed E-state index contributed by atoms with van der Waals surface area (Å²) in [5.41, 5.74) is 0.918. The van der Waals surface area contributed by atoms with Gasteiger partial charge < -0.3 is 15.0 Å². The maximum atomic E-state index is 12.2. The molecule has 0 aliphatic carbocycles. The number of anilines is 1. The number of hydrogen-bond donors (Lipinski definition) is 1. The van der Waals surface area contributed by atoms with Crippen LogP contribution in [0.25, 0.3) is 0 Å². The number of hydrogen-bond acceptors (Lipinski definition) is 5. The number of carbonyl (C=O) groups excluding carboxylic acids is 2. The van der Waals surface area contributed by atoms with E-state index >= 15 is 0 Å². The molecule has 1 atom stereocenters. The summed E-state index contributed by atoms with van der Waals surface area (Å²) >= 11 is 1.45. The molecule has 6 nitrogen and oxygen atoms in total. The van der Waals surface area contributed by atoms with Crippen LogP contribution in [0.15, 0.2) is 0 Å². The maximum absolute atomic E-state index is 12.2. The van der Waals surface area contributed by atoms with Crippen molar-refractivity contribution in [1.82, 2.24) is 9.88 Å². The van der Waals surface area contributed by atoms with Crippen molar-refractivity contribution in [3.8, 4) is 0 Å². The molecule has 0 radical (unpaired) electrons. The second kappa shape index (κ2) is 7.69. The molecule has 122 valence electrons. The monoisotopic (exact) mass is 325 g/mol. The van der Waals surface area contributed by atoms with Gasteiger partial charge in [0.05, 0.1) is 11.8 Å². The number of amides is 2. The van der Waals surface area contributed by atoms with Crippen molar-refractivity contribution in [3.63, 3.8) is 0 Å². The Labute approximate surface area is 134 Å². The predicted molar refractivity (Wildman–Crippen MR) is 86.1 cm³/mol. The zero-order chi connectivity index (χ0) is 16.1. The molecule has 1 aliphatic rings. The average molecular weight is 325 g/mol. The highest BCUT2D eigenvalue weighted by Crippen LogP contribution is 2.21. The first-order chi connectivity index (χ1) is 10.5. The number of thiazole rings is 1. The van der Waals surface area contributed by atoms with Crippen molar-refractivity contribution in [2.24, 2.45) is 0 Å². The number of nitrogens with one attached hydrogen (secondary N) is 1. The van der Waals surface area contributed by atoms with Crippen LogP contribution in [0.4, 0.5) is 5.13 Å². The molecule has 1 unspecified atom stereocenters. The number of nitrogens with zero attached hydrogens (tertiary/aromatic N) is 2. The van der Waals surface area contributed by atoms with Gasteiger partial charge in [-0.25, -0.2) is 4.98 Å².